The van der Waals surface area contributed by atoms with Gasteiger partial charge in [-0.1, -0.05) is 6.07 Å². The van der Waals surface area contributed by atoms with E-state index in [1.807, 2.05) is 38.1 Å². The lowest BCUT2D eigenvalue weighted by molar-refractivity contribution is -0.0235. The molecule has 14 heavy (non-hydrogen) atoms. The fourth-order valence-electron chi connectivity index (χ4n) is 1.41. The standard InChI is InChI=1S/C11H13NO2/c1-11(2,14-12)9-3-4-10-8(7-9)5-6-13-10/h3-7H,12H2,1-2H3. The molecule has 0 radical (unpaired) electrons. The lowest BCUT2D eigenvalue weighted by Crippen LogP contribution is -2.25. The van der Waals surface area contributed by atoms with E-state index in [9.17, 15) is 0 Å². The van der Waals surface area contributed by atoms with Crippen LogP contribution < -0.4 is 5.90 Å². The van der Waals surface area contributed by atoms with Crippen molar-refractivity contribution in [1.82, 2.24) is 0 Å². The van der Waals surface area contributed by atoms with Crippen molar-refractivity contribution in [2.45, 2.75) is 19.4 Å². The van der Waals surface area contributed by atoms with Crippen LogP contribution in [0.2, 0.25) is 0 Å². The second-order valence-electron chi connectivity index (χ2n) is 3.80. The van der Waals surface area contributed by atoms with Crippen LogP contribution in [0.3, 0.4) is 0 Å². The number of furan rings is 1. The zero-order chi connectivity index (χ0) is 10.2. The highest BCUT2D eigenvalue weighted by Crippen LogP contribution is 2.26. The van der Waals surface area contributed by atoms with Gasteiger partial charge in [-0.15, -0.1) is 0 Å². The van der Waals surface area contributed by atoms with E-state index in [0.717, 1.165) is 16.5 Å². The molecule has 0 amide bonds. The van der Waals surface area contributed by atoms with Gasteiger partial charge in [-0.25, -0.2) is 5.90 Å². The number of hydrogen-bond donors (Lipinski definition) is 1. The van der Waals surface area contributed by atoms with Gasteiger partial charge < -0.3 is 4.42 Å². The van der Waals surface area contributed by atoms with E-state index < -0.39 is 5.60 Å². The average Bonchev–Trinajstić information content (AvgIpc) is 2.64. The van der Waals surface area contributed by atoms with Crippen LogP contribution in [0.5, 0.6) is 0 Å². The van der Waals surface area contributed by atoms with Gasteiger partial charge in [0.05, 0.1) is 6.26 Å². The largest absolute Gasteiger partial charge is 0.464 e. The van der Waals surface area contributed by atoms with Crippen molar-refractivity contribution >= 4 is 11.0 Å². The Morgan fingerprint density at radius 3 is 2.79 bits per heavy atom. The Kier molecular flexibility index (Phi) is 2.06. The number of benzene rings is 1. The maximum atomic E-state index is 5.25. The van der Waals surface area contributed by atoms with Crippen LogP contribution in [0, 0.1) is 0 Å². The van der Waals surface area contributed by atoms with E-state index in [1.54, 1.807) is 6.26 Å². The van der Waals surface area contributed by atoms with Crippen LogP contribution in [0.25, 0.3) is 11.0 Å². The highest BCUT2D eigenvalue weighted by molar-refractivity contribution is 5.77. The summed E-state index contributed by atoms with van der Waals surface area (Å²) in [5.74, 6) is 5.23. The van der Waals surface area contributed by atoms with Gasteiger partial charge in [0.2, 0.25) is 0 Å². The Hall–Kier alpha value is -1.32. The first-order chi connectivity index (χ1) is 6.63. The van der Waals surface area contributed by atoms with E-state index in [1.165, 1.54) is 0 Å². The zero-order valence-electron chi connectivity index (χ0n) is 8.28. The molecule has 2 rings (SSSR count). The smallest absolute Gasteiger partial charge is 0.133 e. The summed E-state index contributed by atoms with van der Waals surface area (Å²) in [5.41, 5.74) is 1.45. The summed E-state index contributed by atoms with van der Waals surface area (Å²) in [6, 6.07) is 7.82. The molecule has 0 saturated heterocycles. The van der Waals surface area contributed by atoms with E-state index in [-0.39, 0.29) is 0 Å². The summed E-state index contributed by atoms with van der Waals surface area (Å²) in [7, 11) is 0. The molecule has 2 N–H and O–H groups in total. The van der Waals surface area contributed by atoms with Crippen molar-refractivity contribution in [3.8, 4) is 0 Å². The van der Waals surface area contributed by atoms with Crippen LogP contribution >= 0.6 is 0 Å². The molecule has 1 aromatic carbocycles. The molecule has 3 heteroatoms. The lowest BCUT2D eigenvalue weighted by Gasteiger charge is -2.22. The summed E-state index contributed by atoms with van der Waals surface area (Å²) in [6.45, 7) is 3.85. The predicted octanol–water partition coefficient (Wildman–Crippen LogP) is 2.56. The molecule has 74 valence electrons. The molecular weight excluding hydrogens is 178 g/mol. The molecule has 0 aliphatic heterocycles. The van der Waals surface area contributed by atoms with Crippen molar-refractivity contribution in [2.75, 3.05) is 0 Å². The second kappa shape index (κ2) is 3.12. The Labute approximate surface area is 82.4 Å². The lowest BCUT2D eigenvalue weighted by atomic mass is 9.97. The van der Waals surface area contributed by atoms with Crippen molar-refractivity contribution < 1.29 is 9.25 Å². The van der Waals surface area contributed by atoms with Crippen molar-refractivity contribution in [1.29, 1.82) is 0 Å². The Bertz CT molecular complexity index is 445. The number of hydrogen-bond acceptors (Lipinski definition) is 3. The molecule has 0 aliphatic rings. The van der Waals surface area contributed by atoms with Crippen LogP contribution in [-0.4, -0.2) is 0 Å². The summed E-state index contributed by atoms with van der Waals surface area (Å²) in [5, 5.41) is 1.06. The van der Waals surface area contributed by atoms with Gasteiger partial charge in [0.1, 0.15) is 11.2 Å². The molecule has 0 aliphatic carbocycles. The maximum Gasteiger partial charge on any atom is 0.133 e. The molecule has 0 fully saturated rings. The second-order valence-corrected chi connectivity index (χ2v) is 3.80. The van der Waals surface area contributed by atoms with E-state index >= 15 is 0 Å². The molecule has 2 aromatic rings. The van der Waals surface area contributed by atoms with E-state index in [4.69, 9.17) is 15.2 Å². The Morgan fingerprint density at radius 1 is 1.29 bits per heavy atom. The third-order valence-electron chi connectivity index (χ3n) is 2.44. The fraction of sp³-hybridized carbons (Fsp3) is 0.273. The van der Waals surface area contributed by atoms with Crippen molar-refractivity contribution in [3.05, 3.63) is 36.1 Å². The Balaban J connectivity index is 2.53. The molecule has 0 unspecified atom stereocenters. The molecule has 0 saturated carbocycles. The highest BCUT2D eigenvalue weighted by atomic mass is 16.6. The van der Waals surface area contributed by atoms with E-state index in [2.05, 4.69) is 0 Å². The first-order valence-electron chi connectivity index (χ1n) is 4.49. The van der Waals surface area contributed by atoms with Gasteiger partial charge in [-0.3, -0.25) is 4.84 Å². The summed E-state index contributed by atoms with van der Waals surface area (Å²) >= 11 is 0. The van der Waals surface area contributed by atoms with Gasteiger partial charge >= 0.3 is 0 Å². The molecular formula is C11H13NO2. The van der Waals surface area contributed by atoms with Crippen molar-refractivity contribution in [2.24, 2.45) is 5.90 Å². The van der Waals surface area contributed by atoms with E-state index in [0.29, 0.717) is 0 Å². The predicted molar refractivity (Wildman–Crippen MR) is 54.5 cm³/mol. The van der Waals surface area contributed by atoms with Crippen molar-refractivity contribution in [3.63, 3.8) is 0 Å². The summed E-state index contributed by atoms with van der Waals surface area (Å²) in [6.07, 6.45) is 1.67. The molecule has 0 bridgehead atoms. The SMILES string of the molecule is CC(C)(ON)c1ccc2occc2c1. The molecule has 1 heterocycles. The van der Waals surface area contributed by atoms with Gasteiger partial charge in [0.25, 0.3) is 0 Å². The van der Waals surface area contributed by atoms with Crippen LogP contribution in [0.1, 0.15) is 19.4 Å². The highest BCUT2D eigenvalue weighted by Gasteiger charge is 2.20. The Morgan fingerprint density at radius 2 is 2.07 bits per heavy atom. The van der Waals surface area contributed by atoms with Crippen LogP contribution in [0.15, 0.2) is 34.9 Å². The molecule has 1 aromatic heterocycles. The number of fused-ring (bicyclic) bond motifs is 1. The maximum absolute atomic E-state index is 5.25. The fourth-order valence-corrected chi connectivity index (χ4v) is 1.41. The minimum Gasteiger partial charge on any atom is -0.464 e. The van der Waals surface area contributed by atoms with Gasteiger partial charge in [-0.05, 0) is 37.6 Å². The third-order valence-corrected chi connectivity index (χ3v) is 2.44. The van der Waals surface area contributed by atoms with Gasteiger partial charge in [0, 0.05) is 5.39 Å². The molecule has 0 spiro atoms. The normalized spacial score (nSPS) is 12.2. The van der Waals surface area contributed by atoms with Gasteiger partial charge in [-0.2, -0.15) is 0 Å². The minimum absolute atomic E-state index is 0.467. The van der Waals surface area contributed by atoms with Crippen LogP contribution in [0.4, 0.5) is 0 Å². The minimum atomic E-state index is -0.467. The number of rotatable bonds is 2. The van der Waals surface area contributed by atoms with Gasteiger partial charge in [0.15, 0.2) is 0 Å². The number of nitrogens with two attached hydrogens (primary N) is 1. The zero-order valence-corrected chi connectivity index (χ0v) is 8.28. The first-order valence-corrected chi connectivity index (χ1v) is 4.49. The monoisotopic (exact) mass is 191 g/mol. The third kappa shape index (κ3) is 1.41. The first kappa shape index (κ1) is 9.24. The average molecular weight is 191 g/mol. The van der Waals surface area contributed by atoms with Crippen LogP contribution in [-0.2, 0) is 10.4 Å². The molecule has 3 nitrogen and oxygen atoms in total. The summed E-state index contributed by atoms with van der Waals surface area (Å²) < 4.78 is 5.25. The topological polar surface area (TPSA) is 48.4 Å². The molecule has 0 atom stereocenters. The quantitative estimate of drug-likeness (QED) is 0.742. The summed E-state index contributed by atoms with van der Waals surface area (Å²) in [4.78, 5) is 4.92.